The van der Waals surface area contributed by atoms with E-state index >= 15 is 0 Å². The van der Waals surface area contributed by atoms with E-state index in [-0.39, 0.29) is 5.91 Å². The van der Waals surface area contributed by atoms with Crippen molar-refractivity contribution in [3.05, 3.63) is 34.8 Å². The van der Waals surface area contributed by atoms with Crippen LogP contribution in [0.4, 0.5) is 10.8 Å². The van der Waals surface area contributed by atoms with Crippen LogP contribution >= 0.6 is 11.3 Å². The topological polar surface area (TPSA) is 115 Å². The number of benzene rings is 1. The molecule has 110 valence electrons. The molecule has 1 aromatic carbocycles. The Balaban J connectivity index is 2.09. The lowest BCUT2D eigenvalue weighted by molar-refractivity contribution is -0.139. The third-order valence-corrected chi connectivity index (χ3v) is 3.46. The van der Waals surface area contributed by atoms with Gasteiger partial charge in [0.2, 0.25) is 0 Å². The fraction of sp³-hybridized carbons (Fsp3) is 0.154. The van der Waals surface area contributed by atoms with Crippen LogP contribution in [0, 0.1) is 6.92 Å². The first-order chi connectivity index (χ1) is 9.95. The molecular weight excluding hydrogens is 294 g/mol. The zero-order valence-corrected chi connectivity index (χ0v) is 11.9. The minimum absolute atomic E-state index is 0.322. The second-order valence-corrected chi connectivity index (χ2v) is 5.16. The predicted molar refractivity (Wildman–Crippen MR) is 78.8 cm³/mol. The van der Waals surface area contributed by atoms with Gasteiger partial charge in [0.25, 0.3) is 5.91 Å². The number of carboxylic acid groups (broad SMARTS) is 1. The zero-order valence-electron chi connectivity index (χ0n) is 11.1. The highest BCUT2D eigenvalue weighted by Crippen LogP contribution is 2.22. The number of aryl methyl sites for hydroxylation is 1. The van der Waals surface area contributed by atoms with Crippen molar-refractivity contribution in [2.24, 2.45) is 0 Å². The molecule has 2 aromatic rings. The fourth-order valence-electron chi connectivity index (χ4n) is 1.62. The number of rotatable bonds is 5. The van der Waals surface area contributed by atoms with Crippen LogP contribution in [0.25, 0.3) is 0 Å². The number of hydrogen-bond donors (Lipinski definition) is 3. The summed E-state index contributed by atoms with van der Waals surface area (Å²) in [6.45, 7) is 1.26. The number of thiazole rings is 1. The van der Waals surface area contributed by atoms with Gasteiger partial charge in [0, 0.05) is 11.8 Å². The second kappa shape index (κ2) is 6.23. The summed E-state index contributed by atoms with van der Waals surface area (Å²) < 4.78 is 5.04. The zero-order chi connectivity index (χ0) is 15.4. The number of aliphatic carboxylic acids is 1. The Labute approximate surface area is 124 Å². The summed E-state index contributed by atoms with van der Waals surface area (Å²) in [6.07, 6.45) is 0. The molecule has 0 saturated heterocycles. The molecule has 21 heavy (non-hydrogen) atoms. The molecule has 0 unspecified atom stereocenters. The largest absolute Gasteiger partial charge is 0.482 e. The van der Waals surface area contributed by atoms with Gasteiger partial charge in [-0.2, -0.15) is 0 Å². The molecule has 0 spiro atoms. The Hall–Kier alpha value is -2.61. The maximum atomic E-state index is 12.1. The van der Waals surface area contributed by atoms with Gasteiger partial charge in [-0.3, -0.25) is 4.79 Å². The number of carbonyl (C=O) groups is 2. The monoisotopic (exact) mass is 307 g/mol. The van der Waals surface area contributed by atoms with Gasteiger partial charge >= 0.3 is 5.97 Å². The van der Waals surface area contributed by atoms with Crippen molar-refractivity contribution in [2.45, 2.75) is 6.92 Å². The average Bonchev–Trinajstić information content (AvgIpc) is 2.76. The van der Waals surface area contributed by atoms with E-state index in [9.17, 15) is 9.59 Å². The molecule has 0 fully saturated rings. The molecule has 1 aromatic heterocycles. The van der Waals surface area contributed by atoms with Gasteiger partial charge in [0.05, 0.1) is 5.69 Å². The van der Waals surface area contributed by atoms with E-state index in [2.05, 4.69) is 10.3 Å². The smallest absolute Gasteiger partial charge is 0.341 e. The standard InChI is InChI=1S/C13H13N3O4S/c1-7-11(21-13(14)15-7)12(19)16-8-3-2-4-9(5-8)20-6-10(17)18/h2-5H,6H2,1H3,(H2,14,15)(H,16,19)(H,17,18). The average molecular weight is 307 g/mol. The van der Waals surface area contributed by atoms with Crippen molar-refractivity contribution >= 4 is 34.0 Å². The summed E-state index contributed by atoms with van der Waals surface area (Å²) in [5.74, 6) is -1.03. The van der Waals surface area contributed by atoms with E-state index in [0.717, 1.165) is 11.3 Å². The Morgan fingerprint density at radius 2 is 2.24 bits per heavy atom. The van der Waals surface area contributed by atoms with E-state index in [1.807, 2.05) is 0 Å². The molecule has 7 nitrogen and oxygen atoms in total. The molecule has 0 aliphatic rings. The molecule has 0 radical (unpaired) electrons. The normalized spacial score (nSPS) is 10.1. The first-order valence-electron chi connectivity index (χ1n) is 5.94. The van der Waals surface area contributed by atoms with Gasteiger partial charge in [-0.25, -0.2) is 9.78 Å². The summed E-state index contributed by atoms with van der Waals surface area (Å²) in [6, 6.07) is 6.47. The molecule has 0 aliphatic carbocycles. The summed E-state index contributed by atoms with van der Waals surface area (Å²) in [7, 11) is 0. The molecular formula is C13H13N3O4S. The molecule has 4 N–H and O–H groups in total. The van der Waals surface area contributed by atoms with Crippen LogP contribution in [-0.2, 0) is 4.79 Å². The minimum Gasteiger partial charge on any atom is -0.482 e. The highest BCUT2D eigenvalue weighted by Gasteiger charge is 2.14. The van der Waals surface area contributed by atoms with Crippen LogP contribution in [0.1, 0.15) is 15.4 Å². The number of carboxylic acids is 1. The molecule has 2 rings (SSSR count). The highest BCUT2D eigenvalue weighted by molar-refractivity contribution is 7.17. The van der Waals surface area contributed by atoms with Crippen LogP contribution in [0.15, 0.2) is 24.3 Å². The summed E-state index contributed by atoms with van der Waals surface area (Å²) in [5, 5.41) is 11.6. The summed E-state index contributed by atoms with van der Waals surface area (Å²) in [4.78, 5) is 27.0. The number of carbonyl (C=O) groups excluding carboxylic acids is 1. The van der Waals surface area contributed by atoms with Crippen LogP contribution < -0.4 is 15.8 Å². The number of nitrogens with two attached hydrogens (primary N) is 1. The molecule has 0 saturated carbocycles. The summed E-state index contributed by atoms with van der Waals surface area (Å²) in [5.41, 5.74) is 6.61. The molecule has 8 heteroatoms. The van der Waals surface area contributed by atoms with Crippen molar-refractivity contribution < 1.29 is 19.4 Å². The van der Waals surface area contributed by atoms with Crippen molar-refractivity contribution in [3.63, 3.8) is 0 Å². The lowest BCUT2D eigenvalue weighted by Crippen LogP contribution is -2.12. The second-order valence-electron chi connectivity index (χ2n) is 4.13. The fourth-order valence-corrected chi connectivity index (χ4v) is 2.35. The van der Waals surface area contributed by atoms with E-state index in [0.29, 0.717) is 27.1 Å². The number of nitrogen functional groups attached to an aromatic ring is 1. The quantitative estimate of drug-likeness (QED) is 0.775. The molecule has 1 amide bonds. The maximum absolute atomic E-state index is 12.1. The van der Waals surface area contributed by atoms with Crippen molar-refractivity contribution in [3.8, 4) is 5.75 Å². The number of amides is 1. The predicted octanol–water partition coefficient (Wildman–Crippen LogP) is 1.75. The number of aromatic nitrogens is 1. The van der Waals surface area contributed by atoms with Crippen LogP contribution in [-0.4, -0.2) is 28.6 Å². The van der Waals surface area contributed by atoms with Gasteiger partial charge in [0.15, 0.2) is 11.7 Å². The first-order valence-corrected chi connectivity index (χ1v) is 6.76. The number of nitrogens with zero attached hydrogens (tertiary/aromatic N) is 1. The number of anilines is 2. The SMILES string of the molecule is Cc1nc(N)sc1C(=O)Nc1cccc(OCC(=O)O)c1. The number of hydrogen-bond acceptors (Lipinski definition) is 6. The Bertz CT molecular complexity index is 684. The number of nitrogens with one attached hydrogen (secondary N) is 1. The third-order valence-electron chi connectivity index (χ3n) is 2.47. The van der Waals surface area contributed by atoms with Crippen LogP contribution in [0.5, 0.6) is 5.75 Å². The Morgan fingerprint density at radius 3 is 2.86 bits per heavy atom. The first kappa shape index (κ1) is 14.8. The van der Waals surface area contributed by atoms with Crippen LogP contribution in [0.2, 0.25) is 0 Å². The summed E-state index contributed by atoms with van der Waals surface area (Å²) >= 11 is 1.11. The minimum atomic E-state index is -1.07. The lowest BCUT2D eigenvalue weighted by Gasteiger charge is -2.07. The van der Waals surface area contributed by atoms with Crippen molar-refractivity contribution in [1.29, 1.82) is 0 Å². The van der Waals surface area contributed by atoms with Gasteiger partial charge in [0.1, 0.15) is 10.6 Å². The molecule has 0 bridgehead atoms. The van der Waals surface area contributed by atoms with Crippen molar-refractivity contribution in [1.82, 2.24) is 4.98 Å². The third kappa shape index (κ3) is 3.93. The van der Waals surface area contributed by atoms with E-state index in [1.54, 1.807) is 31.2 Å². The van der Waals surface area contributed by atoms with E-state index in [4.69, 9.17) is 15.6 Å². The maximum Gasteiger partial charge on any atom is 0.341 e. The molecule has 0 atom stereocenters. The highest BCUT2D eigenvalue weighted by atomic mass is 32.1. The molecule has 0 aliphatic heterocycles. The lowest BCUT2D eigenvalue weighted by atomic mass is 10.3. The number of ether oxygens (including phenoxy) is 1. The van der Waals surface area contributed by atoms with E-state index in [1.165, 1.54) is 0 Å². The Kier molecular flexibility index (Phi) is 4.39. The van der Waals surface area contributed by atoms with E-state index < -0.39 is 12.6 Å². The van der Waals surface area contributed by atoms with Crippen LogP contribution in [0.3, 0.4) is 0 Å². The van der Waals surface area contributed by atoms with Gasteiger partial charge < -0.3 is 20.9 Å². The Morgan fingerprint density at radius 1 is 1.48 bits per heavy atom. The van der Waals surface area contributed by atoms with Gasteiger partial charge in [-0.05, 0) is 19.1 Å². The molecule has 1 heterocycles. The van der Waals surface area contributed by atoms with Gasteiger partial charge in [-0.1, -0.05) is 17.4 Å². The van der Waals surface area contributed by atoms with Crippen molar-refractivity contribution in [2.75, 3.05) is 17.7 Å². The van der Waals surface area contributed by atoms with Gasteiger partial charge in [-0.15, -0.1) is 0 Å².